The molecule has 1 aromatic rings. The van der Waals surface area contributed by atoms with Crippen LogP contribution >= 0.6 is 12.6 Å². The van der Waals surface area contributed by atoms with E-state index in [1.807, 2.05) is 44.2 Å². The zero-order valence-electron chi connectivity index (χ0n) is 11.7. The van der Waals surface area contributed by atoms with Gasteiger partial charge in [-0.05, 0) is 11.5 Å². The zero-order valence-corrected chi connectivity index (χ0v) is 12.5. The van der Waals surface area contributed by atoms with Gasteiger partial charge in [0.1, 0.15) is 6.61 Å². The number of imide groups is 1. The largest absolute Gasteiger partial charge is 0.447 e. The Morgan fingerprint density at radius 3 is 2.65 bits per heavy atom. The highest BCUT2D eigenvalue weighted by Gasteiger charge is 2.39. The molecule has 0 radical (unpaired) electrons. The zero-order chi connectivity index (χ0) is 14.7. The normalized spacial score (nSPS) is 20.1. The van der Waals surface area contributed by atoms with Crippen LogP contribution in [0, 0.1) is 5.92 Å². The van der Waals surface area contributed by atoms with Crippen molar-refractivity contribution in [3.63, 3.8) is 0 Å². The van der Waals surface area contributed by atoms with Crippen LogP contribution in [0.25, 0.3) is 0 Å². The number of amides is 2. The van der Waals surface area contributed by atoms with Crippen molar-refractivity contribution in [3.05, 3.63) is 35.9 Å². The van der Waals surface area contributed by atoms with Gasteiger partial charge in [0.2, 0.25) is 5.91 Å². The van der Waals surface area contributed by atoms with Crippen molar-refractivity contribution in [2.45, 2.75) is 31.6 Å². The molecule has 2 amide bonds. The van der Waals surface area contributed by atoms with Crippen LogP contribution in [0.15, 0.2) is 30.3 Å². The summed E-state index contributed by atoms with van der Waals surface area (Å²) in [5.41, 5.74) is 0.970. The number of hydrogen-bond acceptors (Lipinski definition) is 4. The van der Waals surface area contributed by atoms with E-state index in [9.17, 15) is 9.59 Å². The minimum absolute atomic E-state index is 0.175. The molecule has 0 unspecified atom stereocenters. The molecule has 2 rings (SSSR count). The topological polar surface area (TPSA) is 46.6 Å². The first kappa shape index (κ1) is 14.9. The summed E-state index contributed by atoms with van der Waals surface area (Å²) < 4.78 is 4.99. The minimum atomic E-state index is -0.540. The number of ether oxygens (including phenoxy) is 1. The Morgan fingerprint density at radius 1 is 1.40 bits per heavy atom. The van der Waals surface area contributed by atoms with Gasteiger partial charge in [-0.15, -0.1) is 0 Å². The van der Waals surface area contributed by atoms with Gasteiger partial charge in [-0.2, -0.15) is 12.6 Å². The second-order valence-electron chi connectivity index (χ2n) is 5.28. The number of nitrogens with zero attached hydrogens (tertiary/aromatic N) is 1. The van der Waals surface area contributed by atoms with Gasteiger partial charge in [0, 0.05) is 11.7 Å². The lowest BCUT2D eigenvalue weighted by molar-refractivity contribution is -0.129. The molecule has 0 aromatic heterocycles. The van der Waals surface area contributed by atoms with Gasteiger partial charge >= 0.3 is 6.09 Å². The SMILES string of the molecule is CC(C)[C@H]1COC(=O)N1C(=O)C[C@H](S)c1ccccc1. The molecule has 1 aliphatic rings. The molecule has 0 aliphatic carbocycles. The third kappa shape index (κ3) is 3.15. The molecule has 1 aliphatic heterocycles. The fraction of sp³-hybridized carbons (Fsp3) is 0.467. The van der Waals surface area contributed by atoms with Crippen LogP contribution in [0.1, 0.15) is 31.1 Å². The monoisotopic (exact) mass is 293 g/mol. The summed E-state index contributed by atoms with van der Waals surface area (Å²) in [5, 5.41) is -0.218. The highest BCUT2D eigenvalue weighted by molar-refractivity contribution is 7.80. The van der Waals surface area contributed by atoms with Crippen molar-refractivity contribution >= 4 is 24.6 Å². The first-order valence-electron chi connectivity index (χ1n) is 6.72. The predicted molar refractivity (Wildman–Crippen MR) is 79.6 cm³/mol. The van der Waals surface area contributed by atoms with Gasteiger partial charge in [-0.3, -0.25) is 4.79 Å². The maximum atomic E-state index is 12.3. The molecule has 5 heteroatoms. The fourth-order valence-electron chi connectivity index (χ4n) is 2.27. The van der Waals surface area contributed by atoms with Crippen LogP contribution in [0.5, 0.6) is 0 Å². The van der Waals surface area contributed by atoms with E-state index in [1.165, 1.54) is 4.90 Å². The molecule has 20 heavy (non-hydrogen) atoms. The van der Waals surface area contributed by atoms with Crippen LogP contribution in [0.2, 0.25) is 0 Å². The summed E-state index contributed by atoms with van der Waals surface area (Å²) in [7, 11) is 0. The second-order valence-corrected chi connectivity index (χ2v) is 5.91. The molecule has 108 valence electrons. The van der Waals surface area contributed by atoms with E-state index in [-0.39, 0.29) is 36.1 Å². The van der Waals surface area contributed by atoms with Crippen molar-refractivity contribution in [2.75, 3.05) is 6.61 Å². The van der Waals surface area contributed by atoms with Crippen molar-refractivity contribution < 1.29 is 14.3 Å². The minimum Gasteiger partial charge on any atom is -0.447 e. The molecule has 0 bridgehead atoms. The first-order chi connectivity index (χ1) is 9.50. The van der Waals surface area contributed by atoms with E-state index >= 15 is 0 Å². The van der Waals surface area contributed by atoms with Crippen molar-refractivity contribution in [1.29, 1.82) is 0 Å². The van der Waals surface area contributed by atoms with E-state index in [1.54, 1.807) is 0 Å². The second kappa shape index (κ2) is 6.31. The molecule has 2 atom stereocenters. The number of benzene rings is 1. The Labute approximate surface area is 124 Å². The van der Waals surface area contributed by atoms with Crippen LogP contribution in [-0.2, 0) is 9.53 Å². The van der Waals surface area contributed by atoms with Crippen molar-refractivity contribution in [2.24, 2.45) is 5.92 Å². The van der Waals surface area contributed by atoms with E-state index in [0.717, 1.165) is 5.56 Å². The Bertz CT molecular complexity index is 489. The highest BCUT2D eigenvalue weighted by atomic mass is 32.1. The Morgan fingerprint density at radius 2 is 2.05 bits per heavy atom. The quantitative estimate of drug-likeness (QED) is 0.868. The smallest absolute Gasteiger partial charge is 0.416 e. The van der Waals surface area contributed by atoms with E-state index in [4.69, 9.17) is 4.74 Å². The average molecular weight is 293 g/mol. The number of hydrogen-bond donors (Lipinski definition) is 1. The van der Waals surface area contributed by atoms with Gasteiger partial charge in [-0.25, -0.2) is 9.69 Å². The van der Waals surface area contributed by atoms with Crippen LogP contribution in [-0.4, -0.2) is 29.5 Å². The molecule has 1 heterocycles. The molecular weight excluding hydrogens is 274 g/mol. The molecule has 0 spiro atoms. The molecule has 1 aromatic carbocycles. The molecular formula is C15H19NO3S. The number of thiol groups is 1. The number of cyclic esters (lactones) is 1. The highest BCUT2D eigenvalue weighted by Crippen LogP contribution is 2.27. The van der Waals surface area contributed by atoms with Crippen molar-refractivity contribution in [3.8, 4) is 0 Å². The first-order valence-corrected chi connectivity index (χ1v) is 7.24. The summed E-state index contributed by atoms with van der Waals surface area (Å²) in [5.74, 6) is -0.0458. The Kier molecular flexibility index (Phi) is 4.70. The standard InChI is InChI=1S/C15H19NO3S/c1-10(2)12-9-19-15(18)16(12)14(17)8-13(20)11-6-4-3-5-7-11/h3-7,10,12-13,20H,8-9H2,1-2H3/t12-,13+/m1/s1. The van der Waals surface area contributed by atoms with E-state index < -0.39 is 6.09 Å². The lowest BCUT2D eigenvalue weighted by Gasteiger charge is -2.23. The summed E-state index contributed by atoms with van der Waals surface area (Å²) in [4.78, 5) is 25.3. The third-order valence-electron chi connectivity index (χ3n) is 3.50. The molecule has 1 saturated heterocycles. The third-order valence-corrected chi connectivity index (χ3v) is 3.98. The lowest BCUT2D eigenvalue weighted by atomic mass is 10.0. The Hall–Kier alpha value is -1.49. The van der Waals surface area contributed by atoms with Gasteiger partial charge in [-0.1, -0.05) is 44.2 Å². The molecule has 1 fully saturated rings. The molecule has 4 nitrogen and oxygen atoms in total. The summed E-state index contributed by atoms with van der Waals surface area (Å²) in [6.45, 7) is 4.23. The van der Waals surface area contributed by atoms with E-state index in [2.05, 4.69) is 12.6 Å². The maximum absolute atomic E-state index is 12.3. The molecule has 0 N–H and O–H groups in total. The van der Waals surface area contributed by atoms with Gasteiger partial charge in [0.15, 0.2) is 0 Å². The lowest BCUT2D eigenvalue weighted by Crippen LogP contribution is -2.42. The predicted octanol–water partition coefficient (Wildman–Crippen LogP) is 3.05. The molecule has 0 saturated carbocycles. The van der Waals surface area contributed by atoms with E-state index in [0.29, 0.717) is 0 Å². The summed E-state index contributed by atoms with van der Waals surface area (Å²) in [6.07, 6.45) is -0.354. The van der Waals surface area contributed by atoms with Crippen LogP contribution in [0.3, 0.4) is 0 Å². The van der Waals surface area contributed by atoms with Gasteiger partial charge < -0.3 is 4.74 Å². The van der Waals surface area contributed by atoms with Crippen LogP contribution < -0.4 is 0 Å². The van der Waals surface area contributed by atoms with Crippen molar-refractivity contribution in [1.82, 2.24) is 4.90 Å². The van der Waals surface area contributed by atoms with Gasteiger partial charge in [0.05, 0.1) is 6.04 Å². The number of carbonyl (C=O) groups excluding carboxylic acids is 2. The maximum Gasteiger partial charge on any atom is 0.416 e. The van der Waals surface area contributed by atoms with Gasteiger partial charge in [0.25, 0.3) is 0 Å². The summed E-state index contributed by atoms with van der Waals surface area (Å²) in [6, 6.07) is 9.40. The number of rotatable bonds is 4. The average Bonchev–Trinajstić information content (AvgIpc) is 2.81. The Balaban J connectivity index is 2.06. The van der Waals surface area contributed by atoms with Crippen LogP contribution in [0.4, 0.5) is 4.79 Å². The summed E-state index contributed by atoms with van der Waals surface area (Å²) >= 11 is 4.46. The number of carbonyl (C=O) groups is 2. The fourth-order valence-corrected chi connectivity index (χ4v) is 2.60.